The molecule has 152 valence electrons. The van der Waals surface area contributed by atoms with Crippen LogP contribution in [0.1, 0.15) is 18.5 Å². The summed E-state index contributed by atoms with van der Waals surface area (Å²) < 4.78 is 0.968. The van der Waals surface area contributed by atoms with Gasteiger partial charge in [-0.1, -0.05) is 47.2 Å². The van der Waals surface area contributed by atoms with Crippen molar-refractivity contribution in [2.24, 2.45) is 0 Å². The second-order valence-corrected chi connectivity index (χ2v) is 9.29. The molecular weight excluding hydrogens is 434 g/mol. The van der Waals surface area contributed by atoms with Gasteiger partial charge in [-0.15, -0.1) is 11.8 Å². The number of hydrogen-bond acceptors (Lipinski definition) is 5. The molecule has 0 unspecified atom stereocenters. The van der Waals surface area contributed by atoms with E-state index in [2.05, 4.69) is 22.1 Å². The van der Waals surface area contributed by atoms with E-state index in [0.29, 0.717) is 23.1 Å². The molecule has 0 atom stereocenters. The average Bonchev–Trinajstić information content (AvgIpc) is 3.19. The van der Waals surface area contributed by atoms with E-state index in [9.17, 15) is 4.79 Å². The predicted octanol–water partition coefficient (Wildman–Crippen LogP) is 6.45. The van der Waals surface area contributed by atoms with E-state index >= 15 is 0 Å². The summed E-state index contributed by atoms with van der Waals surface area (Å²) in [5.74, 6) is 0.947. The molecule has 0 aliphatic carbocycles. The fraction of sp³-hybridized carbons (Fsp3) is 0.174. The topological polar surface area (TPSA) is 46.1 Å². The molecule has 4 nitrogen and oxygen atoms in total. The maximum atomic E-state index is 13.1. The van der Waals surface area contributed by atoms with E-state index in [0.717, 1.165) is 28.1 Å². The lowest BCUT2D eigenvalue weighted by molar-refractivity contribution is -0.118. The lowest BCUT2D eigenvalue weighted by Crippen LogP contribution is -2.30. The summed E-state index contributed by atoms with van der Waals surface area (Å²) in [5, 5.41) is 1.34. The van der Waals surface area contributed by atoms with Crippen LogP contribution in [0, 0.1) is 0 Å². The van der Waals surface area contributed by atoms with Gasteiger partial charge in [-0.05, 0) is 54.6 Å². The van der Waals surface area contributed by atoms with Crippen molar-refractivity contribution in [1.82, 2.24) is 9.97 Å². The van der Waals surface area contributed by atoms with Crippen molar-refractivity contribution < 1.29 is 4.79 Å². The SMILES string of the molecule is O=C(CCCSc1ccccc1)N(Cc1ccccn1)c1nc2ccc(Cl)cc2s1. The summed E-state index contributed by atoms with van der Waals surface area (Å²) in [6, 6.07) is 21.6. The second kappa shape index (κ2) is 10.1. The summed E-state index contributed by atoms with van der Waals surface area (Å²) in [4.78, 5) is 25.2. The number of carbonyl (C=O) groups is 1. The first kappa shape index (κ1) is 20.8. The highest BCUT2D eigenvalue weighted by atomic mass is 35.5. The Morgan fingerprint density at radius 2 is 1.90 bits per heavy atom. The molecule has 30 heavy (non-hydrogen) atoms. The summed E-state index contributed by atoms with van der Waals surface area (Å²) in [6.45, 7) is 0.402. The zero-order chi connectivity index (χ0) is 20.8. The maximum Gasteiger partial charge on any atom is 0.229 e. The Labute approximate surface area is 188 Å². The first-order valence-corrected chi connectivity index (χ1v) is 11.8. The highest BCUT2D eigenvalue weighted by Gasteiger charge is 2.20. The zero-order valence-corrected chi connectivity index (χ0v) is 18.6. The first-order valence-electron chi connectivity index (χ1n) is 9.63. The van der Waals surface area contributed by atoms with Crippen LogP contribution in [-0.4, -0.2) is 21.6 Å². The second-order valence-electron chi connectivity index (χ2n) is 6.67. The molecule has 4 aromatic rings. The average molecular weight is 454 g/mol. The monoisotopic (exact) mass is 453 g/mol. The number of pyridine rings is 1. The van der Waals surface area contributed by atoms with Crippen LogP contribution >= 0.6 is 34.7 Å². The van der Waals surface area contributed by atoms with Crippen molar-refractivity contribution in [3.63, 3.8) is 0 Å². The molecular formula is C23H20ClN3OS2. The third kappa shape index (κ3) is 5.39. The van der Waals surface area contributed by atoms with Gasteiger partial charge in [-0.25, -0.2) is 4.98 Å². The summed E-state index contributed by atoms with van der Waals surface area (Å²) >= 11 is 9.37. The van der Waals surface area contributed by atoms with Crippen LogP contribution in [0.15, 0.2) is 77.8 Å². The molecule has 0 bridgehead atoms. The minimum absolute atomic E-state index is 0.0551. The number of carbonyl (C=O) groups excluding carboxylic acids is 1. The highest BCUT2D eigenvalue weighted by molar-refractivity contribution is 7.99. The van der Waals surface area contributed by atoms with Crippen LogP contribution in [0.5, 0.6) is 0 Å². The summed E-state index contributed by atoms with van der Waals surface area (Å²) in [7, 11) is 0. The quantitative estimate of drug-likeness (QED) is 0.227. The molecule has 1 amide bonds. The minimum Gasteiger partial charge on any atom is -0.282 e. The van der Waals surface area contributed by atoms with Crippen LogP contribution in [0.2, 0.25) is 5.02 Å². The molecule has 2 aromatic heterocycles. The molecule has 0 spiro atoms. The lowest BCUT2D eigenvalue weighted by atomic mass is 10.2. The Morgan fingerprint density at radius 3 is 2.70 bits per heavy atom. The van der Waals surface area contributed by atoms with E-state index in [4.69, 9.17) is 11.6 Å². The fourth-order valence-electron chi connectivity index (χ4n) is 2.98. The van der Waals surface area contributed by atoms with E-state index in [1.54, 1.807) is 22.9 Å². The van der Waals surface area contributed by atoms with Crippen molar-refractivity contribution in [3.05, 3.63) is 83.6 Å². The number of thioether (sulfide) groups is 1. The molecule has 2 heterocycles. The number of fused-ring (bicyclic) bond motifs is 1. The molecule has 0 fully saturated rings. The van der Waals surface area contributed by atoms with Crippen LogP contribution in [0.25, 0.3) is 10.2 Å². The van der Waals surface area contributed by atoms with Crippen molar-refractivity contribution in [1.29, 1.82) is 0 Å². The largest absolute Gasteiger partial charge is 0.282 e. The number of anilines is 1. The lowest BCUT2D eigenvalue weighted by Gasteiger charge is -2.19. The number of hydrogen-bond donors (Lipinski definition) is 0. The van der Waals surface area contributed by atoms with Gasteiger partial charge < -0.3 is 0 Å². The molecule has 0 radical (unpaired) electrons. The van der Waals surface area contributed by atoms with Crippen LogP contribution < -0.4 is 4.90 Å². The van der Waals surface area contributed by atoms with Gasteiger partial charge in [0.25, 0.3) is 0 Å². The fourth-order valence-corrected chi connectivity index (χ4v) is 5.12. The molecule has 0 saturated carbocycles. The number of aromatic nitrogens is 2. The number of halogens is 1. The Kier molecular flexibility index (Phi) is 7.00. The van der Waals surface area contributed by atoms with Gasteiger partial charge >= 0.3 is 0 Å². The number of benzene rings is 2. The number of thiazole rings is 1. The van der Waals surface area contributed by atoms with Gasteiger partial charge in [-0.3, -0.25) is 14.7 Å². The summed E-state index contributed by atoms with van der Waals surface area (Å²) in [6.07, 6.45) is 3.00. The molecule has 2 aromatic carbocycles. The van der Waals surface area contributed by atoms with Crippen LogP contribution in [0.3, 0.4) is 0 Å². The Bertz CT molecular complexity index is 1120. The van der Waals surface area contributed by atoms with Gasteiger partial charge in [0, 0.05) is 22.5 Å². The van der Waals surface area contributed by atoms with Gasteiger partial charge in [-0.2, -0.15) is 0 Å². The Hall–Kier alpha value is -2.41. The Morgan fingerprint density at radius 1 is 1.07 bits per heavy atom. The molecule has 0 aliphatic heterocycles. The third-order valence-corrected chi connectivity index (χ3v) is 6.84. The molecule has 0 saturated heterocycles. The van der Waals surface area contributed by atoms with Crippen molar-refractivity contribution in [2.45, 2.75) is 24.3 Å². The standard InChI is InChI=1S/C23H20ClN3OS2/c24-17-11-12-20-21(15-17)30-23(26-20)27(16-18-7-4-5-13-25-18)22(28)10-6-14-29-19-8-2-1-3-9-19/h1-5,7-9,11-13,15H,6,10,14,16H2. The molecule has 4 rings (SSSR count). The molecule has 7 heteroatoms. The Balaban J connectivity index is 1.48. The number of amides is 1. The zero-order valence-electron chi connectivity index (χ0n) is 16.2. The van der Waals surface area contributed by atoms with E-state index in [1.165, 1.54) is 16.2 Å². The van der Waals surface area contributed by atoms with E-state index in [-0.39, 0.29) is 5.91 Å². The van der Waals surface area contributed by atoms with Crippen LogP contribution in [-0.2, 0) is 11.3 Å². The van der Waals surface area contributed by atoms with Crippen LogP contribution in [0.4, 0.5) is 5.13 Å². The number of nitrogens with zero attached hydrogens (tertiary/aromatic N) is 3. The third-order valence-electron chi connectivity index (χ3n) is 4.46. The van der Waals surface area contributed by atoms with Crippen molar-refractivity contribution in [3.8, 4) is 0 Å². The summed E-state index contributed by atoms with van der Waals surface area (Å²) in [5.41, 5.74) is 1.68. The van der Waals surface area contributed by atoms with E-state index < -0.39 is 0 Å². The first-order chi connectivity index (χ1) is 14.7. The van der Waals surface area contributed by atoms with Gasteiger partial charge in [0.1, 0.15) is 0 Å². The maximum absolute atomic E-state index is 13.1. The normalized spacial score (nSPS) is 11.0. The number of rotatable bonds is 8. The van der Waals surface area contributed by atoms with Gasteiger partial charge in [0.2, 0.25) is 5.91 Å². The smallest absolute Gasteiger partial charge is 0.229 e. The van der Waals surface area contributed by atoms with Crippen molar-refractivity contribution in [2.75, 3.05) is 10.7 Å². The minimum atomic E-state index is 0.0551. The molecule has 0 N–H and O–H groups in total. The highest BCUT2D eigenvalue weighted by Crippen LogP contribution is 2.32. The van der Waals surface area contributed by atoms with E-state index in [1.807, 2.05) is 54.6 Å². The molecule has 0 aliphatic rings. The predicted molar refractivity (Wildman–Crippen MR) is 126 cm³/mol. The van der Waals surface area contributed by atoms with Gasteiger partial charge in [0.15, 0.2) is 5.13 Å². The van der Waals surface area contributed by atoms with Crippen molar-refractivity contribution >= 4 is 56.0 Å². The van der Waals surface area contributed by atoms with Gasteiger partial charge in [0.05, 0.1) is 22.5 Å².